The van der Waals surface area contributed by atoms with Crippen LogP contribution in [-0.2, 0) is 4.79 Å². The maximum atomic E-state index is 11.6. The maximum absolute atomic E-state index is 11.6. The van der Waals surface area contributed by atoms with Crippen LogP contribution in [-0.4, -0.2) is 43.6 Å². The van der Waals surface area contributed by atoms with Crippen LogP contribution in [0.5, 0.6) is 0 Å². The lowest BCUT2D eigenvalue weighted by Gasteiger charge is -2.22. The van der Waals surface area contributed by atoms with E-state index in [9.17, 15) is 9.90 Å². The summed E-state index contributed by atoms with van der Waals surface area (Å²) in [6, 6.07) is 5.67. The number of carbonyl (C=O) groups excluding carboxylic acids is 1. The van der Waals surface area contributed by atoms with E-state index >= 15 is 0 Å². The van der Waals surface area contributed by atoms with Gasteiger partial charge >= 0.3 is 0 Å². The summed E-state index contributed by atoms with van der Waals surface area (Å²) < 4.78 is 0.846. The van der Waals surface area contributed by atoms with Crippen molar-refractivity contribution in [3.63, 3.8) is 0 Å². The van der Waals surface area contributed by atoms with Crippen LogP contribution in [0.4, 0.5) is 5.69 Å². The second kappa shape index (κ2) is 6.20. The molecule has 1 aromatic carbocycles. The maximum Gasteiger partial charge on any atom is 0.241 e. The highest BCUT2D eigenvalue weighted by molar-refractivity contribution is 9.10. The molecule has 0 heterocycles. The quantitative estimate of drug-likeness (QED) is 0.924. The van der Waals surface area contributed by atoms with Crippen molar-refractivity contribution in [2.45, 2.75) is 13.0 Å². The number of benzene rings is 1. The molecule has 1 amide bonds. The Labute approximate surface area is 116 Å². The lowest BCUT2D eigenvalue weighted by atomic mass is 10.1. The molecule has 0 aliphatic carbocycles. The lowest BCUT2D eigenvalue weighted by molar-refractivity contribution is -0.127. The summed E-state index contributed by atoms with van der Waals surface area (Å²) in [5.74, 6) is 0.0493. The Morgan fingerprint density at radius 2 is 2.00 bits per heavy atom. The highest BCUT2D eigenvalue weighted by Crippen LogP contribution is 2.27. The van der Waals surface area contributed by atoms with Gasteiger partial charge in [0.15, 0.2) is 0 Å². The van der Waals surface area contributed by atoms with Crippen molar-refractivity contribution >= 4 is 27.5 Å². The van der Waals surface area contributed by atoms with Gasteiger partial charge in [-0.2, -0.15) is 0 Å². The van der Waals surface area contributed by atoms with Crippen LogP contribution in [0, 0.1) is 0 Å². The summed E-state index contributed by atoms with van der Waals surface area (Å²) in [6.45, 7) is 2.05. The Bertz CT molecular complexity index is 433. The van der Waals surface area contributed by atoms with Crippen molar-refractivity contribution in [1.29, 1.82) is 0 Å². The Morgan fingerprint density at radius 1 is 1.39 bits per heavy atom. The SMILES string of the molecule is C[C@H](O)c1ccc(N(C)CC(=O)N(C)C)cc1Br. The molecular weight excluding hydrogens is 296 g/mol. The fraction of sp³-hybridized carbons (Fsp3) is 0.462. The summed E-state index contributed by atoms with van der Waals surface area (Å²) in [5, 5.41) is 9.55. The van der Waals surface area contributed by atoms with Crippen LogP contribution in [0.3, 0.4) is 0 Å². The number of hydrogen-bond acceptors (Lipinski definition) is 3. The monoisotopic (exact) mass is 314 g/mol. The zero-order valence-corrected chi connectivity index (χ0v) is 12.7. The van der Waals surface area contributed by atoms with E-state index in [1.165, 1.54) is 0 Å². The fourth-order valence-electron chi connectivity index (χ4n) is 1.53. The molecule has 1 aromatic rings. The molecule has 0 bridgehead atoms. The van der Waals surface area contributed by atoms with E-state index < -0.39 is 6.10 Å². The minimum Gasteiger partial charge on any atom is -0.389 e. The number of aliphatic hydroxyl groups is 1. The van der Waals surface area contributed by atoms with Gasteiger partial charge in [0.1, 0.15) is 0 Å². The van der Waals surface area contributed by atoms with Gasteiger partial charge < -0.3 is 14.9 Å². The van der Waals surface area contributed by atoms with Crippen LogP contribution in [0.1, 0.15) is 18.6 Å². The third-order valence-electron chi connectivity index (χ3n) is 2.75. The number of hydrogen-bond donors (Lipinski definition) is 1. The first kappa shape index (κ1) is 15.0. The first-order chi connectivity index (χ1) is 8.32. The van der Waals surface area contributed by atoms with Gasteiger partial charge in [-0.3, -0.25) is 4.79 Å². The van der Waals surface area contributed by atoms with E-state index in [4.69, 9.17) is 0 Å². The zero-order valence-electron chi connectivity index (χ0n) is 11.1. The van der Waals surface area contributed by atoms with E-state index in [2.05, 4.69) is 15.9 Å². The number of carbonyl (C=O) groups is 1. The predicted octanol–water partition coefficient (Wildman–Crippen LogP) is 2.03. The standard InChI is InChI=1S/C13H19BrN2O2/c1-9(17)11-6-5-10(7-12(11)14)16(4)8-13(18)15(2)3/h5-7,9,17H,8H2,1-4H3/t9-/m0/s1. The number of amides is 1. The van der Waals surface area contributed by atoms with Crippen molar-refractivity contribution in [1.82, 2.24) is 4.90 Å². The van der Waals surface area contributed by atoms with Gasteiger partial charge in [0.05, 0.1) is 12.6 Å². The highest BCUT2D eigenvalue weighted by atomic mass is 79.9. The zero-order chi connectivity index (χ0) is 13.9. The first-order valence-corrected chi connectivity index (χ1v) is 6.51. The highest BCUT2D eigenvalue weighted by Gasteiger charge is 2.12. The molecular formula is C13H19BrN2O2. The molecule has 0 saturated carbocycles. The fourth-order valence-corrected chi connectivity index (χ4v) is 2.23. The van der Waals surface area contributed by atoms with Crippen LogP contribution in [0.15, 0.2) is 22.7 Å². The van der Waals surface area contributed by atoms with Crippen molar-refractivity contribution < 1.29 is 9.90 Å². The Balaban J connectivity index is 2.84. The molecule has 0 saturated heterocycles. The van der Waals surface area contributed by atoms with Gasteiger partial charge in [0, 0.05) is 31.3 Å². The summed E-state index contributed by atoms with van der Waals surface area (Å²) in [6.07, 6.45) is -0.512. The second-order valence-corrected chi connectivity index (χ2v) is 5.38. The summed E-state index contributed by atoms with van der Waals surface area (Å²) in [5.41, 5.74) is 1.77. The Hall–Kier alpha value is -1.07. The van der Waals surface area contributed by atoms with Crippen molar-refractivity contribution in [2.24, 2.45) is 0 Å². The molecule has 0 unspecified atom stereocenters. The number of aliphatic hydroxyl groups excluding tert-OH is 1. The van der Waals surface area contributed by atoms with Crippen molar-refractivity contribution in [3.8, 4) is 0 Å². The lowest BCUT2D eigenvalue weighted by Crippen LogP contribution is -2.34. The molecule has 0 radical (unpaired) electrons. The molecule has 18 heavy (non-hydrogen) atoms. The number of anilines is 1. The second-order valence-electron chi connectivity index (χ2n) is 4.53. The molecule has 4 nitrogen and oxygen atoms in total. The molecule has 0 fully saturated rings. The molecule has 5 heteroatoms. The van der Waals surface area contributed by atoms with E-state index in [0.717, 1.165) is 15.7 Å². The van der Waals surface area contributed by atoms with E-state index in [1.807, 2.05) is 30.1 Å². The first-order valence-electron chi connectivity index (χ1n) is 5.71. The van der Waals surface area contributed by atoms with Gasteiger partial charge in [-0.1, -0.05) is 22.0 Å². The minimum atomic E-state index is -0.512. The van der Waals surface area contributed by atoms with Crippen LogP contribution < -0.4 is 4.90 Å². The van der Waals surface area contributed by atoms with Gasteiger partial charge in [-0.15, -0.1) is 0 Å². The van der Waals surface area contributed by atoms with Gasteiger partial charge in [-0.25, -0.2) is 0 Å². The minimum absolute atomic E-state index is 0.0493. The third-order valence-corrected chi connectivity index (χ3v) is 3.43. The summed E-state index contributed by atoms with van der Waals surface area (Å²) >= 11 is 3.43. The molecule has 0 spiro atoms. The molecule has 1 N–H and O–H groups in total. The Kier molecular flexibility index (Phi) is 5.16. The predicted molar refractivity (Wildman–Crippen MR) is 76.7 cm³/mol. The van der Waals surface area contributed by atoms with Gasteiger partial charge in [0.25, 0.3) is 0 Å². The molecule has 100 valence electrons. The van der Waals surface area contributed by atoms with Crippen LogP contribution >= 0.6 is 15.9 Å². The van der Waals surface area contributed by atoms with E-state index in [0.29, 0.717) is 6.54 Å². The average Bonchev–Trinajstić information content (AvgIpc) is 2.27. The number of likely N-dealkylation sites (N-methyl/N-ethyl adjacent to an activating group) is 2. The van der Waals surface area contributed by atoms with Crippen molar-refractivity contribution in [2.75, 3.05) is 32.6 Å². The molecule has 0 aromatic heterocycles. The number of rotatable bonds is 4. The van der Waals surface area contributed by atoms with E-state index in [1.54, 1.807) is 25.9 Å². The number of nitrogens with zero attached hydrogens (tertiary/aromatic N) is 2. The van der Waals surface area contributed by atoms with Crippen LogP contribution in [0.25, 0.3) is 0 Å². The smallest absolute Gasteiger partial charge is 0.241 e. The molecule has 1 atom stereocenters. The number of halogens is 1. The van der Waals surface area contributed by atoms with Crippen molar-refractivity contribution in [3.05, 3.63) is 28.2 Å². The van der Waals surface area contributed by atoms with Gasteiger partial charge in [0.2, 0.25) is 5.91 Å². The van der Waals surface area contributed by atoms with Crippen LogP contribution in [0.2, 0.25) is 0 Å². The summed E-state index contributed by atoms with van der Waals surface area (Å²) in [4.78, 5) is 15.1. The Morgan fingerprint density at radius 3 is 2.44 bits per heavy atom. The molecule has 1 rings (SSSR count). The molecule has 0 aliphatic heterocycles. The topological polar surface area (TPSA) is 43.8 Å². The third kappa shape index (κ3) is 3.71. The average molecular weight is 315 g/mol. The summed E-state index contributed by atoms with van der Waals surface area (Å²) in [7, 11) is 5.34. The largest absolute Gasteiger partial charge is 0.389 e. The van der Waals surface area contributed by atoms with E-state index in [-0.39, 0.29) is 5.91 Å². The van der Waals surface area contributed by atoms with Gasteiger partial charge in [-0.05, 0) is 24.6 Å². The molecule has 0 aliphatic rings. The normalized spacial score (nSPS) is 12.1.